The summed E-state index contributed by atoms with van der Waals surface area (Å²) in [4.78, 5) is 0. The lowest BCUT2D eigenvalue weighted by molar-refractivity contribution is 0.767. The van der Waals surface area contributed by atoms with E-state index in [2.05, 4.69) is 252 Å². The molecule has 2 heteroatoms. The van der Waals surface area contributed by atoms with Crippen LogP contribution >= 0.6 is 0 Å². The first-order valence-electron chi connectivity index (χ1n) is 21.8. The third kappa shape index (κ3) is 5.25. The van der Waals surface area contributed by atoms with Crippen LogP contribution in [0.2, 0.25) is 0 Å². The fourth-order valence-corrected chi connectivity index (χ4v) is 10.9. The molecule has 0 radical (unpaired) electrons. The van der Waals surface area contributed by atoms with E-state index in [1.54, 1.807) is 0 Å². The molecule has 0 atom stereocenters. The highest BCUT2D eigenvalue weighted by Gasteiger charge is 2.46. The largest absolute Gasteiger partial charge is 0.309 e. The van der Waals surface area contributed by atoms with Crippen molar-refractivity contribution in [2.75, 3.05) is 0 Å². The molecule has 2 nitrogen and oxygen atoms in total. The van der Waals surface area contributed by atoms with Gasteiger partial charge in [0, 0.05) is 32.9 Å². The van der Waals surface area contributed by atoms with Crippen LogP contribution in [0.25, 0.3) is 88.4 Å². The summed E-state index contributed by atoms with van der Waals surface area (Å²) in [5, 5.41) is 4.98. The lowest BCUT2D eigenvalue weighted by Gasteiger charge is -2.34. The van der Waals surface area contributed by atoms with E-state index in [0.29, 0.717) is 0 Å². The van der Waals surface area contributed by atoms with Crippen LogP contribution in [0.3, 0.4) is 0 Å². The van der Waals surface area contributed by atoms with Crippen molar-refractivity contribution < 1.29 is 0 Å². The van der Waals surface area contributed by atoms with E-state index in [1.807, 2.05) is 0 Å². The molecule has 2 heterocycles. The van der Waals surface area contributed by atoms with Crippen molar-refractivity contribution in [2.24, 2.45) is 0 Å². The van der Waals surface area contributed by atoms with Crippen LogP contribution in [0.4, 0.5) is 0 Å². The highest BCUT2D eigenvalue weighted by atomic mass is 15.0. The fourth-order valence-electron chi connectivity index (χ4n) is 10.9. The molecule has 0 N–H and O–H groups in total. The van der Waals surface area contributed by atoms with Gasteiger partial charge in [-0.25, -0.2) is 0 Å². The number of hydrogen-bond donors (Lipinski definition) is 0. The monoisotopic (exact) mass is 800 g/mol. The zero-order chi connectivity index (χ0) is 41.5. The molecule has 0 unspecified atom stereocenters. The molecule has 0 amide bonds. The second kappa shape index (κ2) is 13.9. The minimum atomic E-state index is -0.468. The molecule has 0 saturated heterocycles. The van der Waals surface area contributed by atoms with E-state index in [0.717, 1.165) is 11.4 Å². The first-order chi connectivity index (χ1) is 31.3. The minimum Gasteiger partial charge on any atom is -0.309 e. The second-order valence-electron chi connectivity index (χ2n) is 16.8. The van der Waals surface area contributed by atoms with Gasteiger partial charge in [-0.3, -0.25) is 0 Å². The molecule has 63 heavy (non-hydrogen) atoms. The van der Waals surface area contributed by atoms with E-state index in [1.165, 1.54) is 99.2 Å². The maximum atomic E-state index is 2.46. The zero-order valence-corrected chi connectivity index (χ0v) is 34.5. The van der Waals surface area contributed by atoms with Gasteiger partial charge in [0.05, 0.1) is 27.5 Å². The van der Waals surface area contributed by atoms with Crippen LogP contribution in [0.15, 0.2) is 243 Å². The number of aromatic nitrogens is 2. The van der Waals surface area contributed by atoms with Crippen molar-refractivity contribution in [3.8, 4) is 44.8 Å². The Balaban J connectivity index is 0.955. The molecule has 0 fully saturated rings. The minimum absolute atomic E-state index is 0.468. The normalized spacial score (nSPS) is 12.9. The number of rotatable bonds is 6. The van der Waals surface area contributed by atoms with E-state index >= 15 is 0 Å². The zero-order valence-electron chi connectivity index (χ0n) is 34.5. The van der Waals surface area contributed by atoms with Crippen molar-refractivity contribution in [1.29, 1.82) is 0 Å². The Morgan fingerprint density at radius 1 is 0.254 bits per heavy atom. The summed E-state index contributed by atoms with van der Waals surface area (Å²) in [5.41, 5.74) is 19.2. The SMILES string of the molecule is c1ccc(-c2ccc(-n3c4ccccc4c4cc(-c5ccc6c(c5)c5ccccc5n6-c5cccc(C6(c7ccccc7)c7ccccc7-c7ccccc76)c5)ccc43)cc2)cc1. The van der Waals surface area contributed by atoms with Crippen molar-refractivity contribution in [2.45, 2.75) is 5.41 Å². The molecule has 0 bridgehead atoms. The molecule has 0 saturated carbocycles. The number of nitrogens with zero attached hydrogens (tertiary/aromatic N) is 2. The lowest BCUT2D eigenvalue weighted by atomic mass is 9.67. The number of para-hydroxylation sites is 2. The van der Waals surface area contributed by atoms with E-state index in [9.17, 15) is 0 Å². The lowest BCUT2D eigenvalue weighted by Crippen LogP contribution is -2.28. The Kier molecular flexibility index (Phi) is 7.85. The summed E-state index contributed by atoms with van der Waals surface area (Å²) in [6.45, 7) is 0. The van der Waals surface area contributed by atoms with Gasteiger partial charge in [0.15, 0.2) is 0 Å². The highest BCUT2D eigenvalue weighted by Crippen LogP contribution is 2.56. The summed E-state index contributed by atoms with van der Waals surface area (Å²) in [7, 11) is 0. The topological polar surface area (TPSA) is 9.86 Å². The maximum Gasteiger partial charge on any atom is 0.0714 e. The van der Waals surface area contributed by atoms with Crippen molar-refractivity contribution in [3.63, 3.8) is 0 Å². The van der Waals surface area contributed by atoms with Crippen LogP contribution in [0.1, 0.15) is 22.3 Å². The van der Waals surface area contributed by atoms with Crippen LogP contribution in [0.5, 0.6) is 0 Å². The van der Waals surface area contributed by atoms with E-state index < -0.39 is 5.41 Å². The summed E-state index contributed by atoms with van der Waals surface area (Å²) >= 11 is 0. The molecule has 10 aromatic carbocycles. The summed E-state index contributed by atoms with van der Waals surface area (Å²) < 4.78 is 4.86. The smallest absolute Gasteiger partial charge is 0.0714 e. The number of fused-ring (bicyclic) bond motifs is 9. The number of hydrogen-bond acceptors (Lipinski definition) is 0. The van der Waals surface area contributed by atoms with Crippen molar-refractivity contribution in [3.05, 3.63) is 265 Å². The highest BCUT2D eigenvalue weighted by molar-refractivity contribution is 6.12. The Labute approximate surface area is 366 Å². The first kappa shape index (κ1) is 35.5. The summed E-state index contributed by atoms with van der Waals surface area (Å²) in [6, 6.07) is 89.5. The van der Waals surface area contributed by atoms with Crippen LogP contribution < -0.4 is 0 Å². The third-order valence-electron chi connectivity index (χ3n) is 13.6. The van der Waals surface area contributed by atoms with Gasteiger partial charge in [-0.15, -0.1) is 0 Å². The third-order valence-corrected chi connectivity index (χ3v) is 13.6. The molecular formula is C61H40N2. The Bertz CT molecular complexity index is 3670. The standard InChI is InChI=1S/C61H40N2/c1-3-16-41(17-4-1)42-30-34-47(35-31-42)62-57-28-13-9-24-51(57)53-38-43(32-36-59(53)62)44-33-37-60-54(39-44)52-25-10-14-29-58(52)63(60)48-21-15-20-46(40-48)61(45-18-5-2-6-19-45)55-26-11-7-22-49(55)50-23-8-12-27-56(50)61/h1-40H. The van der Waals surface area contributed by atoms with E-state index in [4.69, 9.17) is 0 Å². The Morgan fingerprint density at radius 3 is 1.30 bits per heavy atom. The molecule has 2 aromatic heterocycles. The van der Waals surface area contributed by atoms with Gasteiger partial charge < -0.3 is 9.13 Å². The quantitative estimate of drug-likeness (QED) is 0.159. The average Bonchev–Trinajstić information content (AvgIpc) is 3.98. The Morgan fingerprint density at radius 2 is 0.698 bits per heavy atom. The predicted octanol–water partition coefficient (Wildman–Crippen LogP) is 15.6. The van der Waals surface area contributed by atoms with Gasteiger partial charge in [0.25, 0.3) is 0 Å². The molecule has 1 aliphatic rings. The van der Waals surface area contributed by atoms with Gasteiger partial charge in [-0.1, -0.05) is 182 Å². The Hall–Kier alpha value is -8.20. The first-order valence-corrected chi connectivity index (χ1v) is 21.8. The van der Waals surface area contributed by atoms with Crippen LogP contribution in [-0.4, -0.2) is 9.13 Å². The predicted molar refractivity (Wildman–Crippen MR) is 263 cm³/mol. The van der Waals surface area contributed by atoms with E-state index in [-0.39, 0.29) is 0 Å². The molecular weight excluding hydrogens is 761 g/mol. The molecule has 12 aromatic rings. The molecule has 0 spiro atoms. The molecule has 294 valence electrons. The summed E-state index contributed by atoms with van der Waals surface area (Å²) in [6.07, 6.45) is 0. The van der Waals surface area contributed by atoms with Crippen molar-refractivity contribution in [1.82, 2.24) is 9.13 Å². The van der Waals surface area contributed by atoms with Crippen LogP contribution in [0, 0.1) is 0 Å². The molecule has 1 aliphatic carbocycles. The molecule has 0 aliphatic heterocycles. The van der Waals surface area contributed by atoms with Gasteiger partial charge in [0.2, 0.25) is 0 Å². The van der Waals surface area contributed by atoms with Gasteiger partial charge >= 0.3 is 0 Å². The van der Waals surface area contributed by atoms with Crippen molar-refractivity contribution >= 4 is 43.6 Å². The molecule has 13 rings (SSSR count). The average molecular weight is 801 g/mol. The van der Waals surface area contributed by atoms with Gasteiger partial charge in [0.1, 0.15) is 0 Å². The number of benzene rings is 10. The summed E-state index contributed by atoms with van der Waals surface area (Å²) in [5.74, 6) is 0. The fraction of sp³-hybridized carbons (Fsp3) is 0.0164. The van der Waals surface area contributed by atoms with Crippen LogP contribution in [-0.2, 0) is 5.41 Å². The van der Waals surface area contributed by atoms with Gasteiger partial charge in [-0.05, 0) is 116 Å². The second-order valence-corrected chi connectivity index (χ2v) is 16.8. The van der Waals surface area contributed by atoms with Gasteiger partial charge in [-0.2, -0.15) is 0 Å². The maximum absolute atomic E-state index is 2.46.